The van der Waals surface area contributed by atoms with E-state index in [1.165, 1.54) is 12.0 Å². The summed E-state index contributed by atoms with van der Waals surface area (Å²) in [6, 6.07) is 8.79. The second-order valence-electron chi connectivity index (χ2n) is 10.2. The molecule has 3 amide bonds. The highest BCUT2D eigenvalue weighted by atomic mass is 19.1. The number of carbonyl (C=O) groups is 2. The molecule has 0 bridgehead atoms. The topological polar surface area (TPSA) is 97.9 Å². The molecule has 9 heteroatoms. The zero-order valence-electron chi connectivity index (χ0n) is 20.9. The molecule has 5 rings (SSSR count). The molecule has 0 radical (unpaired) electrons. The SMILES string of the molecule is COc1ccc2[nH]c3c(c2c1F)CC1(C)C(=O)N(CCNCC(C)C)C(=O)N1C3c1cccc(O)c1. The van der Waals surface area contributed by atoms with E-state index in [4.69, 9.17) is 4.74 Å². The van der Waals surface area contributed by atoms with Gasteiger partial charge < -0.3 is 20.1 Å². The number of aromatic nitrogens is 1. The maximum absolute atomic E-state index is 15.5. The molecule has 2 aliphatic rings. The summed E-state index contributed by atoms with van der Waals surface area (Å²) in [7, 11) is 1.41. The van der Waals surface area contributed by atoms with E-state index in [9.17, 15) is 14.7 Å². The number of hydrogen-bond acceptors (Lipinski definition) is 5. The number of aromatic amines is 1. The summed E-state index contributed by atoms with van der Waals surface area (Å²) in [4.78, 5) is 33.7. The lowest BCUT2D eigenvalue weighted by Gasteiger charge is -2.42. The second kappa shape index (κ2) is 8.81. The van der Waals surface area contributed by atoms with E-state index >= 15 is 4.39 Å². The van der Waals surface area contributed by atoms with Gasteiger partial charge in [0.25, 0.3) is 5.91 Å². The molecule has 8 nitrogen and oxygen atoms in total. The van der Waals surface area contributed by atoms with Crippen LogP contribution >= 0.6 is 0 Å². The van der Waals surface area contributed by atoms with Gasteiger partial charge in [0, 0.05) is 36.1 Å². The quantitative estimate of drug-likeness (QED) is 0.342. The summed E-state index contributed by atoms with van der Waals surface area (Å²) in [6.07, 6.45) is 0.155. The summed E-state index contributed by atoms with van der Waals surface area (Å²) >= 11 is 0. The Morgan fingerprint density at radius 2 is 2.06 bits per heavy atom. The number of phenols is 1. The van der Waals surface area contributed by atoms with Crippen LogP contribution in [0.5, 0.6) is 11.5 Å². The molecule has 0 spiro atoms. The Balaban J connectivity index is 1.65. The van der Waals surface area contributed by atoms with Crippen LogP contribution in [0.1, 0.15) is 43.6 Å². The van der Waals surface area contributed by atoms with Crippen LogP contribution in [0, 0.1) is 11.7 Å². The van der Waals surface area contributed by atoms with Crippen molar-refractivity contribution in [2.24, 2.45) is 5.92 Å². The van der Waals surface area contributed by atoms with Gasteiger partial charge >= 0.3 is 6.03 Å². The summed E-state index contributed by atoms with van der Waals surface area (Å²) in [6.45, 7) is 7.42. The Morgan fingerprint density at radius 3 is 2.75 bits per heavy atom. The van der Waals surface area contributed by atoms with Crippen molar-refractivity contribution in [2.75, 3.05) is 26.7 Å². The van der Waals surface area contributed by atoms with Crippen molar-refractivity contribution in [3.63, 3.8) is 0 Å². The fraction of sp³-hybridized carbons (Fsp3) is 0.407. The first-order valence-corrected chi connectivity index (χ1v) is 12.2. The smallest absolute Gasteiger partial charge is 0.328 e. The summed E-state index contributed by atoms with van der Waals surface area (Å²) in [5, 5.41) is 13.9. The highest BCUT2D eigenvalue weighted by Gasteiger charge is 2.60. The molecule has 190 valence electrons. The van der Waals surface area contributed by atoms with Gasteiger partial charge in [-0.1, -0.05) is 26.0 Å². The van der Waals surface area contributed by atoms with Gasteiger partial charge in [-0.2, -0.15) is 0 Å². The van der Waals surface area contributed by atoms with Gasteiger partial charge in [0.1, 0.15) is 17.3 Å². The minimum atomic E-state index is -1.22. The van der Waals surface area contributed by atoms with Crippen LogP contribution in [0.25, 0.3) is 10.9 Å². The predicted octanol–water partition coefficient (Wildman–Crippen LogP) is 3.94. The van der Waals surface area contributed by atoms with Crippen molar-refractivity contribution in [3.05, 3.63) is 59.0 Å². The molecule has 36 heavy (non-hydrogen) atoms. The van der Waals surface area contributed by atoms with Crippen molar-refractivity contribution >= 4 is 22.8 Å². The molecule has 3 N–H and O–H groups in total. The first-order valence-electron chi connectivity index (χ1n) is 12.2. The lowest BCUT2D eigenvalue weighted by Crippen LogP contribution is -2.53. The number of carbonyl (C=O) groups excluding carboxylic acids is 2. The molecule has 1 aromatic heterocycles. The molecule has 0 saturated carbocycles. The summed E-state index contributed by atoms with van der Waals surface area (Å²) < 4.78 is 20.7. The van der Waals surface area contributed by atoms with Crippen LogP contribution in [0.15, 0.2) is 36.4 Å². The molecule has 3 heterocycles. The number of nitrogens with one attached hydrogen (secondary N) is 2. The van der Waals surface area contributed by atoms with Gasteiger partial charge in [-0.15, -0.1) is 0 Å². The number of ether oxygens (including phenoxy) is 1. The molecule has 1 fully saturated rings. The minimum absolute atomic E-state index is 0.0398. The number of aromatic hydroxyl groups is 1. The van der Waals surface area contributed by atoms with Crippen molar-refractivity contribution in [2.45, 2.75) is 38.8 Å². The zero-order chi connectivity index (χ0) is 25.8. The van der Waals surface area contributed by atoms with Gasteiger partial charge in [-0.25, -0.2) is 9.18 Å². The number of imide groups is 1. The van der Waals surface area contributed by atoms with E-state index in [2.05, 4.69) is 24.1 Å². The number of rotatable bonds is 7. The van der Waals surface area contributed by atoms with E-state index in [1.807, 2.05) is 0 Å². The Morgan fingerprint density at radius 1 is 1.28 bits per heavy atom. The zero-order valence-corrected chi connectivity index (χ0v) is 20.9. The van der Waals surface area contributed by atoms with E-state index in [1.54, 1.807) is 48.2 Å². The molecule has 2 aliphatic heterocycles. The Hall–Kier alpha value is -3.59. The highest BCUT2D eigenvalue weighted by Crippen LogP contribution is 2.49. The summed E-state index contributed by atoms with van der Waals surface area (Å²) in [5.41, 5.74) is 1.23. The van der Waals surface area contributed by atoms with Crippen LogP contribution in [0.4, 0.5) is 9.18 Å². The third-order valence-electron chi connectivity index (χ3n) is 7.20. The van der Waals surface area contributed by atoms with E-state index in [-0.39, 0.29) is 30.4 Å². The van der Waals surface area contributed by atoms with Gasteiger partial charge in [0.05, 0.1) is 7.11 Å². The van der Waals surface area contributed by atoms with Crippen molar-refractivity contribution in [3.8, 4) is 11.5 Å². The molecule has 2 atom stereocenters. The number of hydrogen-bond donors (Lipinski definition) is 3. The number of amides is 3. The van der Waals surface area contributed by atoms with Crippen LogP contribution in [-0.4, -0.2) is 64.1 Å². The van der Waals surface area contributed by atoms with E-state index < -0.39 is 23.4 Å². The number of halogens is 1. The molecule has 1 saturated heterocycles. The molecule has 3 aromatic rings. The molecule has 2 unspecified atom stereocenters. The average Bonchev–Trinajstić information content (AvgIpc) is 3.28. The van der Waals surface area contributed by atoms with Crippen molar-refractivity contribution < 1.29 is 23.8 Å². The van der Waals surface area contributed by atoms with E-state index in [0.717, 1.165) is 6.54 Å². The number of phenolic OH excluding ortho intramolecular Hbond substituents is 1. The molecule has 2 aromatic carbocycles. The fourth-order valence-electron chi connectivity index (χ4n) is 5.53. The molecule has 0 aliphatic carbocycles. The van der Waals surface area contributed by atoms with Crippen LogP contribution in [-0.2, 0) is 11.2 Å². The molecular weight excluding hydrogens is 463 g/mol. The fourth-order valence-corrected chi connectivity index (χ4v) is 5.53. The van der Waals surface area contributed by atoms with Crippen LogP contribution in [0.3, 0.4) is 0 Å². The van der Waals surface area contributed by atoms with Crippen molar-refractivity contribution in [1.82, 2.24) is 20.1 Å². The van der Waals surface area contributed by atoms with Crippen LogP contribution < -0.4 is 10.1 Å². The normalized spacial score (nSPS) is 21.4. The predicted molar refractivity (Wildman–Crippen MR) is 134 cm³/mol. The molecular formula is C27H31FN4O4. The van der Waals surface area contributed by atoms with Gasteiger partial charge in [0.2, 0.25) is 0 Å². The standard InChI is InChI=1S/C27H31FN4O4/c1-15(2)14-29-10-11-31-25(34)27(3)13-18-21-19(8-9-20(36-4)22(21)28)30-23(18)24(32(27)26(31)35)16-6-5-7-17(33)12-16/h5-9,12,15,24,29-30,33H,10-11,13-14H2,1-4H3. The number of nitrogens with zero attached hydrogens (tertiary/aromatic N) is 2. The Kier molecular flexibility index (Phi) is 5.90. The monoisotopic (exact) mass is 494 g/mol. The maximum atomic E-state index is 15.5. The minimum Gasteiger partial charge on any atom is -0.508 e. The number of H-pyrrole nitrogens is 1. The summed E-state index contributed by atoms with van der Waals surface area (Å²) in [5.74, 6) is -0.229. The third-order valence-corrected chi connectivity index (χ3v) is 7.20. The van der Waals surface area contributed by atoms with Crippen molar-refractivity contribution in [1.29, 1.82) is 0 Å². The largest absolute Gasteiger partial charge is 0.508 e. The number of benzene rings is 2. The van der Waals surface area contributed by atoms with Gasteiger partial charge in [0.15, 0.2) is 11.6 Å². The van der Waals surface area contributed by atoms with Gasteiger partial charge in [-0.05, 0) is 54.8 Å². The lowest BCUT2D eigenvalue weighted by molar-refractivity contribution is -0.133. The average molecular weight is 495 g/mol. The number of urea groups is 1. The maximum Gasteiger partial charge on any atom is 0.328 e. The highest BCUT2D eigenvalue weighted by molar-refractivity contribution is 6.08. The lowest BCUT2D eigenvalue weighted by atomic mass is 9.81. The van der Waals surface area contributed by atoms with Crippen LogP contribution in [0.2, 0.25) is 0 Å². The first-order chi connectivity index (χ1) is 17.2. The second-order valence-corrected chi connectivity index (χ2v) is 10.2. The number of methoxy groups -OCH3 is 1. The van der Waals surface area contributed by atoms with E-state index in [0.29, 0.717) is 40.2 Å². The Bertz CT molecular complexity index is 1350. The first kappa shape index (κ1) is 24.1. The Labute approximate surface area is 209 Å². The third kappa shape index (κ3) is 3.61. The van der Waals surface area contributed by atoms with Gasteiger partial charge in [-0.3, -0.25) is 14.6 Å². The number of fused-ring (bicyclic) bond motifs is 4.